The molecule has 5 heteroatoms. The van der Waals surface area contributed by atoms with E-state index in [9.17, 15) is 14.7 Å². The molecule has 5 nitrogen and oxygen atoms in total. The lowest BCUT2D eigenvalue weighted by molar-refractivity contribution is -0.143. The van der Waals surface area contributed by atoms with Crippen molar-refractivity contribution in [2.45, 2.75) is 58.0 Å². The van der Waals surface area contributed by atoms with Crippen LogP contribution < -0.4 is 0 Å². The Morgan fingerprint density at radius 3 is 2.37 bits per heavy atom. The first-order chi connectivity index (χ1) is 9.02. The van der Waals surface area contributed by atoms with Gasteiger partial charge in [-0.25, -0.2) is 9.59 Å². The van der Waals surface area contributed by atoms with Crippen molar-refractivity contribution in [1.82, 2.24) is 9.80 Å². The first kappa shape index (κ1) is 14.2. The number of urea groups is 1. The molecule has 2 fully saturated rings. The number of amides is 2. The number of piperidine rings is 1. The van der Waals surface area contributed by atoms with E-state index in [1.165, 1.54) is 0 Å². The molecule has 2 rings (SSSR count). The van der Waals surface area contributed by atoms with Gasteiger partial charge in [-0.3, -0.25) is 0 Å². The fraction of sp³-hybridized carbons (Fsp3) is 0.857. The molecule has 0 spiro atoms. The molecule has 0 aliphatic carbocycles. The van der Waals surface area contributed by atoms with Crippen LogP contribution in [0.4, 0.5) is 4.79 Å². The summed E-state index contributed by atoms with van der Waals surface area (Å²) >= 11 is 0. The second kappa shape index (κ2) is 5.80. The Balaban J connectivity index is 2.10. The zero-order chi connectivity index (χ0) is 14.0. The van der Waals surface area contributed by atoms with E-state index in [0.717, 1.165) is 32.2 Å². The van der Waals surface area contributed by atoms with Crippen molar-refractivity contribution >= 4 is 12.0 Å². The van der Waals surface area contributed by atoms with Crippen molar-refractivity contribution in [2.75, 3.05) is 13.1 Å². The third kappa shape index (κ3) is 2.85. The Bertz CT molecular complexity index is 357. The molecule has 0 aromatic heterocycles. The molecule has 0 radical (unpaired) electrons. The van der Waals surface area contributed by atoms with E-state index in [1.54, 1.807) is 4.90 Å². The van der Waals surface area contributed by atoms with Gasteiger partial charge in [0.1, 0.15) is 6.04 Å². The third-order valence-electron chi connectivity index (χ3n) is 4.35. The number of carbonyl (C=O) groups excluding carboxylic acids is 1. The van der Waals surface area contributed by atoms with Crippen LogP contribution in [0.5, 0.6) is 0 Å². The number of nitrogens with zero attached hydrogens (tertiary/aromatic N) is 2. The number of aliphatic carboxylic acids is 1. The second-order valence-electron chi connectivity index (χ2n) is 5.97. The molecule has 2 saturated heterocycles. The Morgan fingerprint density at radius 1 is 1.05 bits per heavy atom. The minimum atomic E-state index is -0.867. The van der Waals surface area contributed by atoms with E-state index >= 15 is 0 Å². The number of likely N-dealkylation sites (tertiary alicyclic amines) is 2. The van der Waals surface area contributed by atoms with Gasteiger partial charge in [0.15, 0.2) is 0 Å². The summed E-state index contributed by atoms with van der Waals surface area (Å²) in [4.78, 5) is 27.4. The van der Waals surface area contributed by atoms with Gasteiger partial charge < -0.3 is 14.9 Å². The Hall–Kier alpha value is -1.26. The van der Waals surface area contributed by atoms with Crippen LogP contribution in [-0.4, -0.2) is 52.1 Å². The SMILES string of the molecule is CC(C)C1CCCN1C(=O)N1CCCCC1C(=O)O. The smallest absolute Gasteiger partial charge is 0.326 e. The second-order valence-corrected chi connectivity index (χ2v) is 5.97. The summed E-state index contributed by atoms with van der Waals surface area (Å²) in [5, 5.41) is 9.26. The number of hydrogen-bond acceptors (Lipinski definition) is 2. The van der Waals surface area contributed by atoms with Crippen LogP contribution in [0.15, 0.2) is 0 Å². The van der Waals surface area contributed by atoms with E-state index < -0.39 is 12.0 Å². The van der Waals surface area contributed by atoms with Crippen LogP contribution in [-0.2, 0) is 4.79 Å². The lowest BCUT2D eigenvalue weighted by atomic mass is 10.0. The topological polar surface area (TPSA) is 60.9 Å². The zero-order valence-electron chi connectivity index (χ0n) is 11.8. The molecule has 2 amide bonds. The molecular formula is C14H24N2O3. The van der Waals surface area contributed by atoms with E-state index in [4.69, 9.17) is 0 Å². The number of carboxylic acids is 1. The van der Waals surface area contributed by atoms with Crippen LogP contribution in [0.25, 0.3) is 0 Å². The van der Waals surface area contributed by atoms with Crippen molar-refractivity contribution in [1.29, 1.82) is 0 Å². The van der Waals surface area contributed by atoms with Gasteiger partial charge in [0.05, 0.1) is 0 Å². The van der Waals surface area contributed by atoms with Crippen LogP contribution in [0.1, 0.15) is 46.0 Å². The van der Waals surface area contributed by atoms with Gasteiger partial charge in [0.25, 0.3) is 0 Å². The summed E-state index contributed by atoms with van der Waals surface area (Å²) in [6, 6.07) is -0.429. The van der Waals surface area contributed by atoms with Gasteiger partial charge in [-0.05, 0) is 38.0 Å². The van der Waals surface area contributed by atoms with Crippen LogP contribution in [0.3, 0.4) is 0 Å². The molecule has 2 heterocycles. The van der Waals surface area contributed by atoms with E-state index in [1.807, 2.05) is 4.90 Å². The average molecular weight is 268 g/mol. The quantitative estimate of drug-likeness (QED) is 0.835. The first-order valence-electron chi connectivity index (χ1n) is 7.32. The van der Waals surface area contributed by atoms with Gasteiger partial charge in [-0.1, -0.05) is 13.8 Å². The summed E-state index contributed by atoms with van der Waals surface area (Å²) < 4.78 is 0. The maximum Gasteiger partial charge on any atom is 0.326 e. The van der Waals surface area contributed by atoms with Gasteiger partial charge in [0, 0.05) is 19.1 Å². The van der Waals surface area contributed by atoms with Crippen molar-refractivity contribution in [3.05, 3.63) is 0 Å². The summed E-state index contributed by atoms with van der Waals surface area (Å²) in [7, 11) is 0. The van der Waals surface area contributed by atoms with Crippen molar-refractivity contribution in [2.24, 2.45) is 5.92 Å². The number of carboxylic acid groups (broad SMARTS) is 1. The summed E-state index contributed by atoms with van der Waals surface area (Å²) in [5.74, 6) is -0.437. The van der Waals surface area contributed by atoms with Crippen molar-refractivity contribution in [3.8, 4) is 0 Å². The predicted molar refractivity (Wildman–Crippen MR) is 71.9 cm³/mol. The molecular weight excluding hydrogens is 244 g/mol. The first-order valence-corrected chi connectivity index (χ1v) is 7.32. The molecule has 0 aromatic rings. The maximum atomic E-state index is 12.6. The normalized spacial score (nSPS) is 27.9. The monoisotopic (exact) mass is 268 g/mol. The van der Waals surface area contributed by atoms with Gasteiger partial charge in [-0.15, -0.1) is 0 Å². The minimum Gasteiger partial charge on any atom is -0.480 e. The molecule has 2 aliphatic rings. The fourth-order valence-electron chi connectivity index (χ4n) is 3.31. The van der Waals surface area contributed by atoms with Gasteiger partial charge >= 0.3 is 12.0 Å². The lowest BCUT2D eigenvalue weighted by Crippen LogP contribution is -2.54. The Labute approximate surface area is 114 Å². The highest BCUT2D eigenvalue weighted by Gasteiger charge is 2.38. The van der Waals surface area contributed by atoms with E-state index in [-0.39, 0.29) is 12.1 Å². The molecule has 2 aliphatic heterocycles. The minimum absolute atomic E-state index is 0.0664. The highest BCUT2D eigenvalue weighted by atomic mass is 16.4. The molecule has 19 heavy (non-hydrogen) atoms. The standard InChI is InChI=1S/C14H24N2O3/c1-10(2)11-7-5-9-15(11)14(19)16-8-4-3-6-12(16)13(17)18/h10-12H,3-9H2,1-2H3,(H,17,18). The fourth-order valence-corrected chi connectivity index (χ4v) is 3.31. The molecule has 2 atom stereocenters. The van der Waals surface area contributed by atoms with E-state index in [0.29, 0.717) is 18.9 Å². The average Bonchev–Trinajstić information content (AvgIpc) is 2.87. The predicted octanol–water partition coefficient (Wildman–Crippen LogP) is 2.17. The number of carbonyl (C=O) groups is 2. The largest absolute Gasteiger partial charge is 0.480 e. The Morgan fingerprint density at radius 2 is 1.74 bits per heavy atom. The maximum absolute atomic E-state index is 12.6. The van der Waals surface area contributed by atoms with Crippen molar-refractivity contribution < 1.29 is 14.7 Å². The molecule has 108 valence electrons. The molecule has 0 saturated carbocycles. The van der Waals surface area contributed by atoms with Gasteiger partial charge in [0.2, 0.25) is 0 Å². The van der Waals surface area contributed by atoms with Crippen LogP contribution in [0.2, 0.25) is 0 Å². The Kier molecular flexibility index (Phi) is 4.32. The van der Waals surface area contributed by atoms with E-state index in [2.05, 4.69) is 13.8 Å². The number of rotatable bonds is 2. The number of hydrogen-bond donors (Lipinski definition) is 1. The third-order valence-corrected chi connectivity index (χ3v) is 4.35. The molecule has 1 N–H and O–H groups in total. The lowest BCUT2D eigenvalue weighted by Gasteiger charge is -2.38. The van der Waals surface area contributed by atoms with Crippen LogP contribution in [0, 0.1) is 5.92 Å². The highest BCUT2D eigenvalue weighted by Crippen LogP contribution is 2.27. The van der Waals surface area contributed by atoms with Crippen molar-refractivity contribution in [3.63, 3.8) is 0 Å². The highest BCUT2D eigenvalue weighted by molar-refractivity contribution is 5.83. The van der Waals surface area contributed by atoms with Gasteiger partial charge in [-0.2, -0.15) is 0 Å². The molecule has 0 aromatic carbocycles. The van der Waals surface area contributed by atoms with Crippen LogP contribution >= 0.6 is 0 Å². The summed E-state index contributed by atoms with van der Waals surface area (Å²) in [5.41, 5.74) is 0. The molecule has 0 bridgehead atoms. The summed E-state index contributed by atoms with van der Waals surface area (Å²) in [6.45, 7) is 5.60. The summed E-state index contributed by atoms with van der Waals surface area (Å²) in [6.07, 6.45) is 4.46. The molecule has 2 unspecified atom stereocenters. The zero-order valence-corrected chi connectivity index (χ0v) is 11.8.